The Kier molecular flexibility index (Phi) is 4.14. The molecule has 1 N–H and O–H groups in total. The number of phenols is 1. The molecule has 0 aromatic heterocycles. The summed E-state index contributed by atoms with van der Waals surface area (Å²) in [5, 5.41) is 20.7. The summed E-state index contributed by atoms with van der Waals surface area (Å²) in [7, 11) is 0. The van der Waals surface area contributed by atoms with E-state index < -0.39 is 4.92 Å². The van der Waals surface area contributed by atoms with Gasteiger partial charge in [0.25, 0.3) is 5.69 Å². The number of nitro benzene ring substituents is 1. The molecule has 0 amide bonds. The van der Waals surface area contributed by atoms with Gasteiger partial charge in [0.15, 0.2) is 0 Å². The highest BCUT2D eigenvalue weighted by Gasteiger charge is 2.13. The highest BCUT2D eigenvalue weighted by Crippen LogP contribution is 2.32. The van der Waals surface area contributed by atoms with Gasteiger partial charge in [-0.15, -0.1) is 0 Å². The molecular formula is C14H11BrN2O3. The van der Waals surface area contributed by atoms with Gasteiger partial charge in [-0.3, -0.25) is 15.1 Å². The zero-order valence-corrected chi connectivity index (χ0v) is 12.2. The number of rotatable bonds is 3. The molecule has 5 nitrogen and oxygen atoms in total. The zero-order chi connectivity index (χ0) is 14.7. The van der Waals surface area contributed by atoms with Gasteiger partial charge in [-0.1, -0.05) is 18.2 Å². The topological polar surface area (TPSA) is 75.7 Å². The summed E-state index contributed by atoms with van der Waals surface area (Å²) >= 11 is 3.09. The van der Waals surface area contributed by atoms with Crippen LogP contribution < -0.4 is 0 Å². The quantitative estimate of drug-likeness (QED) is 0.521. The van der Waals surface area contributed by atoms with E-state index in [1.807, 2.05) is 31.2 Å². The molecule has 0 unspecified atom stereocenters. The molecule has 0 aliphatic rings. The number of nitrogens with zero attached hydrogens (tertiary/aromatic N) is 2. The van der Waals surface area contributed by atoms with Crippen LogP contribution in [0.15, 0.2) is 45.9 Å². The van der Waals surface area contributed by atoms with Crippen LogP contribution in [0.5, 0.6) is 5.75 Å². The van der Waals surface area contributed by atoms with Gasteiger partial charge >= 0.3 is 0 Å². The van der Waals surface area contributed by atoms with Crippen LogP contribution in [0.25, 0.3) is 0 Å². The van der Waals surface area contributed by atoms with Crippen LogP contribution in [0.1, 0.15) is 11.1 Å². The van der Waals surface area contributed by atoms with Gasteiger partial charge in [0.1, 0.15) is 5.75 Å². The lowest BCUT2D eigenvalue weighted by atomic mass is 10.2. The second-order valence-electron chi connectivity index (χ2n) is 4.17. The normalized spacial score (nSPS) is 10.9. The van der Waals surface area contributed by atoms with Crippen LogP contribution in [0.3, 0.4) is 0 Å². The van der Waals surface area contributed by atoms with E-state index in [9.17, 15) is 15.2 Å². The van der Waals surface area contributed by atoms with E-state index >= 15 is 0 Å². The molecule has 0 bridgehead atoms. The Bertz CT molecular complexity index is 699. The van der Waals surface area contributed by atoms with Crippen molar-refractivity contribution in [2.24, 2.45) is 4.99 Å². The van der Waals surface area contributed by atoms with Crippen molar-refractivity contribution in [1.82, 2.24) is 0 Å². The molecule has 0 spiro atoms. The zero-order valence-electron chi connectivity index (χ0n) is 10.6. The summed E-state index contributed by atoms with van der Waals surface area (Å²) in [6.45, 7) is 1.91. The second-order valence-corrected chi connectivity index (χ2v) is 5.02. The number of hydrogen-bond donors (Lipinski definition) is 1. The molecule has 0 aliphatic carbocycles. The number of halogens is 1. The molecule has 0 saturated heterocycles. The first-order chi connectivity index (χ1) is 9.49. The smallest absolute Gasteiger partial charge is 0.271 e. The lowest BCUT2D eigenvalue weighted by Crippen LogP contribution is -1.92. The lowest BCUT2D eigenvalue weighted by Gasteiger charge is -2.03. The van der Waals surface area contributed by atoms with Crippen molar-refractivity contribution < 1.29 is 10.0 Å². The Morgan fingerprint density at radius 3 is 2.70 bits per heavy atom. The minimum absolute atomic E-state index is 0.0760. The number of non-ortho nitro benzene ring substituents is 1. The molecule has 0 radical (unpaired) electrons. The van der Waals surface area contributed by atoms with E-state index in [0.29, 0.717) is 0 Å². The van der Waals surface area contributed by atoms with E-state index in [1.54, 1.807) is 0 Å². The average Bonchev–Trinajstić information content (AvgIpc) is 2.41. The average molecular weight is 335 g/mol. The fourth-order valence-corrected chi connectivity index (χ4v) is 2.12. The van der Waals surface area contributed by atoms with Gasteiger partial charge in [-0.25, -0.2) is 0 Å². The fraction of sp³-hybridized carbons (Fsp3) is 0.0714. The third-order valence-corrected chi connectivity index (χ3v) is 3.35. The summed E-state index contributed by atoms with van der Waals surface area (Å²) in [5.41, 5.74) is 1.90. The first kappa shape index (κ1) is 14.2. The number of para-hydroxylation sites is 1. The molecule has 0 saturated carbocycles. The molecular weight excluding hydrogens is 324 g/mol. The van der Waals surface area contributed by atoms with E-state index in [0.717, 1.165) is 11.3 Å². The molecule has 2 aromatic rings. The maximum Gasteiger partial charge on any atom is 0.271 e. The van der Waals surface area contributed by atoms with Crippen molar-refractivity contribution in [3.05, 3.63) is 62.1 Å². The van der Waals surface area contributed by atoms with Crippen molar-refractivity contribution in [1.29, 1.82) is 0 Å². The SMILES string of the molecule is Cc1ccccc1N=Cc1cc([N+](=O)[O-])cc(Br)c1O. The number of hydrogen-bond acceptors (Lipinski definition) is 4. The third kappa shape index (κ3) is 3.03. The second kappa shape index (κ2) is 5.83. The highest BCUT2D eigenvalue weighted by molar-refractivity contribution is 9.10. The van der Waals surface area contributed by atoms with Gasteiger partial charge in [-0.2, -0.15) is 0 Å². The van der Waals surface area contributed by atoms with Crippen molar-refractivity contribution >= 4 is 33.5 Å². The van der Waals surface area contributed by atoms with Crippen LogP contribution in [0, 0.1) is 17.0 Å². The highest BCUT2D eigenvalue weighted by atomic mass is 79.9. The molecule has 0 heterocycles. The maximum atomic E-state index is 10.8. The summed E-state index contributed by atoms with van der Waals surface area (Å²) < 4.78 is 0.262. The summed E-state index contributed by atoms with van der Waals surface area (Å²) in [6, 6.07) is 10.0. The lowest BCUT2D eigenvalue weighted by molar-refractivity contribution is -0.385. The largest absolute Gasteiger partial charge is 0.506 e. The standard InChI is InChI=1S/C14H11BrN2O3/c1-9-4-2-3-5-13(9)16-8-10-6-11(17(19)20)7-12(15)14(10)18/h2-8,18H,1H3. The van der Waals surface area contributed by atoms with E-state index in [4.69, 9.17) is 0 Å². The Morgan fingerprint density at radius 2 is 2.05 bits per heavy atom. The van der Waals surface area contributed by atoms with Crippen molar-refractivity contribution in [2.75, 3.05) is 0 Å². The van der Waals surface area contributed by atoms with Gasteiger partial charge in [0, 0.05) is 23.9 Å². The predicted molar refractivity (Wildman–Crippen MR) is 80.9 cm³/mol. The predicted octanol–water partition coefficient (Wildman–Crippen LogP) is 4.12. The summed E-state index contributed by atoms with van der Waals surface area (Å²) in [6.07, 6.45) is 1.41. The number of aromatic hydroxyl groups is 1. The molecule has 102 valence electrons. The van der Waals surface area contributed by atoms with Crippen molar-refractivity contribution in [2.45, 2.75) is 6.92 Å². The van der Waals surface area contributed by atoms with Crippen LogP contribution in [0.2, 0.25) is 0 Å². The van der Waals surface area contributed by atoms with Crippen molar-refractivity contribution in [3.8, 4) is 5.75 Å². The third-order valence-electron chi connectivity index (χ3n) is 2.75. The van der Waals surface area contributed by atoms with E-state index in [2.05, 4.69) is 20.9 Å². The Morgan fingerprint density at radius 1 is 1.35 bits per heavy atom. The molecule has 20 heavy (non-hydrogen) atoms. The molecule has 0 fully saturated rings. The molecule has 2 rings (SSSR count). The monoisotopic (exact) mass is 334 g/mol. The Balaban J connectivity index is 2.43. The Hall–Kier alpha value is -2.21. The van der Waals surface area contributed by atoms with E-state index in [1.165, 1.54) is 18.3 Å². The number of phenolic OH excluding ortho intramolecular Hbond substituents is 1. The fourth-order valence-electron chi connectivity index (χ4n) is 1.66. The maximum absolute atomic E-state index is 10.8. The summed E-state index contributed by atoms with van der Waals surface area (Å²) in [4.78, 5) is 14.5. The minimum atomic E-state index is -0.519. The number of aliphatic imine (C=N–C) groups is 1. The van der Waals surface area contributed by atoms with Gasteiger partial charge in [-0.05, 0) is 34.5 Å². The van der Waals surface area contributed by atoms with Gasteiger partial charge in [0.05, 0.1) is 15.1 Å². The number of nitro groups is 1. The molecule has 0 aliphatic heterocycles. The molecule has 6 heteroatoms. The minimum Gasteiger partial charge on any atom is -0.506 e. The Labute approximate surface area is 123 Å². The van der Waals surface area contributed by atoms with Crippen LogP contribution in [0.4, 0.5) is 11.4 Å². The number of benzene rings is 2. The van der Waals surface area contributed by atoms with Crippen LogP contribution >= 0.6 is 15.9 Å². The first-order valence-electron chi connectivity index (χ1n) is 5.75. The molecule has 2 aromatic carbocycles. The van der Waals surface area contributed by atoms with Crippen LogP contribution in [-0.4, -0.2) is 16.2 Å². The molecule has 0 atom stereocenters. The van der Waals surface area contributed by atoms with Crippen LogP contribution in [-0.2, 0) is 0 Å². The number of aryl methyl sites for hydroxylation is 1. The van der Waals surface area contributed by atoms with Gasteiger partial charge < -0.3 is 5.11 Å². The summed E-state index contributed by atoms with van der Waals surface area (Å²) in [5.74, 6) is -0.0760. The van der Waals surface area contributed by atoms with Crippen molar-refractivity contribution in [3.63, 3.8) is 0 Å². The first-order valence-corrected chi connectivity index (χ1v) is 6.55. The van der Waals surface area contributed by atoms with Gasteiger partial charge in [0.2, 0.25) is 0 Å². The van der Waals surface area contributed by atoms with E-state index in [-0.39, 0.29) is 21.5 Å².